The molecule has 2 fully saturated rings. The highest BCUT2D eigenvalue weighted by molar-refractivity contribution is 6.54. The molecular weight excluding hydrogens is 1160 g/mol. The summed E-state index contributed by atoms with van der Waals surface area (Å²) >= 11 is -7.28. The third-order valence-electron chi connectivity index (χ3n) is 19.2. The van der Waals surface area contributed by atoms with Crippen molar-refractivity contribution in [2.24, 2.45) is 20.0 Å². The van der Waals surface area contributed by atoms with E-state index >= 15 is 0 Å². The molecule has 8 rings (SSSR count). The van der Waals surface area contributed by atoms with Gasteiger partial charge in [0.1, 0.15) is 0 Å². The summed E-state index contributed by atoms with van der Waals surface area (Å²) in [5.74, 6) is 2.87. The molecule has 4 atom stereocenters. The fourth-order valence-electron chi connectivity index (χ4n) is 13.4. The predicted molar refractivity (Wildman–Crippen MR) is 385 cm³/mol. The molecule has 0 N–H and O–H groups in total. The Balaban J connectivity index is 1.47. The van der Waals surface area contributed by atoms with Crippen LogP contribution in [0.3, 0.4) is 0 Å². The van der Waals surface area contributed by atoms with Crippen LogP contribution in [0.1, 0.15) is 257 Å². The van der Waals surface area contributed by atoms with E-state index in [-0.39, 0.29) is 45.8 Å². The summed E-state index contributed by atoms with van der Waals surface area (Å²) in [6.07, 6.45) is 16.6. The Morgan fingerprint density at radius 3 is 0.714 bits per heavy atom. The maximum absolute atomic E-state index is 7.99. The molecule has 4 aromatic carbocycles. The van der Waals surface area contributed by atoms with Crippen LogP contribution >= 0.6 is 0 Å². The fourth-order valence-corrected chi connectivity index (χ4v) is 16.9. The molecule has 0 unspecified atom stereocenters. The van der Waals surface area contributed by atoms with Crippen molar-refractivity contribution in [3.63, 3.8) is 0 Å². The van der Waals surface area contributed by atoms with Gasteiger partial charge in [-0.1, -0.05) is 188 Å². The first-order valence-corrected chi connectivity index (χ1v) is 38.1. The van der Waals surface area contributed by atoms with Crippen molar-refractivity contribution in [2.75, 3.05) is 52.4 Å². The zero-order chi connectivity index (χ0) is 66.0. The van der Waals surface area contributed by atoms with E-state index in [0.717, 1.165) is 197 Å². The Labute approximate surface area is 561 Å². The summed E-state index contributed by atoms with van der Waals surface area (Å²) in [5, 5.41) is 0. The minimum atomic E-state index is -3.64. The van der Waals surface area contributed by atoms with Crippen molar-refractivity contribution < 1.29 is 18.0 Å². The van der Waals surface area contributed by atoms with Crippen molar-refractivity contribution >= 4 is 55.2 Å². The van der Waals surface area contributed by atoms with E-state index in [2.05, 4.69) is 231 Å². The Hall–Kier alpha value is -4.38. The third kappa shape index (κ3) is 19.0. The van der Waals surface area contributed by atoms with Crippen LogP contribution in [0.4, 0.5) is 0 Å². The minimum Gasteiger partial charge on any atom is -0.589 e. The molecule has 4 aliphatic rings. The number of nitrogens with zero attached hydrogens (tertiary/aromatic N) is 8. The van der Waals surface area contributed by atoms with Gasteiger partial charge < -0.3 is 18.0 Å². The highest BCUT2D eigenvalue weighted by atomic mass is 27.3. The van der Waals surface area contributed by atoms with Crippen molar-refractivity contribution in [1.29, 1.82) is 0 Å². The summed E-state index contributed by atoms with van der Waals surface area (Å²) in [6.45, 7) is 56.0. The Morgan fingerprint density at radius 1 is 0.341 bits per heavy atom. The molecule has 2 heterocycles. The van der Waals surface area contributed by atoms with E-state index < -0.39 is 30.3 Å². The van der Waals surface area contributed by atoms with Crippen LogP contribution in [0.5, 0.6) is 23.0 Å². The van der Waals surface area contributed by atoms with Crippen molar-refractivity contribution in [2.45, 2.75) is 262 Å². The molecule has 0 aromatic heterocycles. The SMILES string of the molecule is CCN(CC)Cc1cc2c(c(C(C)(C)C)c1)[O][Al]([O][Al]1[O]c3c(cc(CN(CC)CC)cc3C(C)(C)C)C=N[C@@H]3CCCC[C@H]3N=Cc3cc(CN(CC)CC)cc(C(C)(C)C)c3[O]1)[O]c1c(cc(CN(CC)CC)cc1C(C)(C)C)C=N[C@@H]1CCCC[C@H]1N=C2. The maximum Gasteiger partial charge on any atom is 1.07 e. The van der Waals surface area contributed by atoms with E-state index in [1.807, 2.05) is 0 Å². The summed E-state index contributed by atoms with van der Waals surface area (Å²) in [5.41, 5.74) is 11.3. The lowest BCUT2D eigenvalue weighted by Crippen LogP contribution is -2.47. The molecule has 13 nitrogen and oxygen atoms in total. The van der Waals surface area contributed by atoms with Gasteiger partial charge >= 0.3 is 30.3 Å². The van der Waals surface area contributed by atoms with Crippen molar-refractivity contribution in [3.8, 4) is 23.0 Å². The van der Waals surface area contributed by atoms with Gasteiger partial charge in [0, 0.05) is 73.3 Å². The zero-order valence-electron chi connectivity index (χ0n) is 60.2. The number of rotatable bonds is 18. The van der Waals surface area contributed by atoms with E-state index in [0.29, 0.717) is 0 Å². The van der Waals surface area contributed by atoms with Gasteiger partial charge in [-0.2, -0.15) is 0 Å². The second-order valence-corrected chi connectivity index (χ2v) is 33.4. The van der Waals surface area contributed by atoms with Crippen LogP contribution in [0.25, 0.3) is 0 Å². The first kappa shape index (κ1) is 72.5. The number of hydrogen-bond donors (Lipinski definition) is 0. The summed E-state index contributed by atoms with van der Waals surface area (Å²) < 4.78 is 39.7. The fraction of sp³-hybridized carbons (Fsp3) is 0.632. The zero-order valence-corrected chi connectivity index (χ0v) is 62.5. The van der Waals surface area contributed by atoms with Crippen LogP contribution in [0.2, 0.25) is 0 Å². The van der Waals surface area contributed by atoms with Gasteiger partial charge in [-0.15, -0.1) is 0 Å². The summed E-state index contributed by atoms with van der Waals surface area (Å²) in [4.78, 5) is 32.2. The lowest BCUT2D eigenvalue weighted by Gasteiger charge is -2.32. The molecule has 0 bridgehead atoms. The normalized spacial score (nSPS) is 19.3. The third-order valence-corrected chi connectivity index (χ3v) is 22.7. The first-order chi connectivity index (χ1) is 43.2. The van der Waals surface area contributed by atoms with Gasteiger partial charge in [0.25, 0.3) is 0 Å². The van der Waals surface area contributed by atoms with E-state index in [1.165, 1.54) is 22.3 Å². The van der Waals surface area contributed by atoms with E-state index in [1.54, 1.807) is 0 Å². The van der Waals surface area contributed by atoms with Crippen LogP contribution in [0.15, 0.2) is 68.5 Å². The smallest absolute Gasteiger partial charge is 0.589 e. The molecule has 91 heavy (non-hydrogen) atoms. The highest BCUT2D eigenvalue weighted by Crippen LogP contribution is 2.43. The van der Waals surface area contributed by atoms with Gasteiger partial charge in [0.05, 0.1) is 47.2 Å². The molecule has 2 aliphatic carbocycles. The summed E-state index contributed by atoms with van der Waals surface area (Å²) in [6, 6.07) is 18.6. The molecule has 0 spiro atoms. The number of fused-ring (bicyclic) bond motifs is 6. The molecule has 15 heteroatoms. The maximum atomic E-state index is 7.99. The minimum absolute atomic E-state index is 0.00221. The molecular formula is C76H116Al2N8O5. The lowest BCUT2D eigenvalue weighted by atomic mass is 9.84. The first-order valence-electron chi connectivity index (χ1n) is 35.2. The van der Waals surface area contributed by atoms with E-state index in [9.17, 15) is 0 Å². The Morgan fingerprint density at radius 2 is 0.538 bits per heavy atom. The second kappa shape index (κ2) is 31.9. The number of hydrogen-bond acceptors (Lipinski definition) is 13. The lowest BCUT2D eigenvalue weighted by molar-refractivity contribution is 0.231. The standard InChI is InChI=1S/2C38H60N4O2.2Al.O/c2*1-11-41(12-2)25-27-19-29(35(43)31(21-27)37(5,6)7)23-39-33-17-15-16-18-34(33)40-24-30-20-28(26-42(13-3)14-4)22-32(36(30)44)38(8,9)10;;;/h2*19-24,33-34,43-44H,11-18,25-26H2,1-10H3;;;/q;;2*+2;/p-4/t2*33-,34-;;;/m11.../s1. The average Bonchev–Trinajstić information content (AvgIpc) is 1.67. The molecule has 0 radical (unpaired) electrons. The number of aliphatic imine (C=N–C) groups is 4. The van der Waals surface area contributed by atoms with Crippen LogP contribution in [-0.4, -0.2) is 151 Å². The topological polar surface area (TPSA) is 109 Å². The van der Waals surface area contributed by atoms with Crippen molar-refractivity contribution in [1.82, 2.24) is 19.6 Å². The largest absolute Gasteiger partial charge is 1.07 e. The number of benzene rings is 4. The van der Waals surface area contributed by atoms with Gasteiger partial charge in [-0.05, 0) is 168 Å². The molecule has 2 saturated carbocycles. The van der Waals surface area contributed by atoms with Gasteiger partial charge in [0.15, 0.2) is 0 Å². The van der Waals surface area contributed by atoms with Gasteiger partial charge in [-0.25, -0.2) is 0 Å². The summed E-state index contributed by atoms with van der Waals surface area (Å²) in [7, 11) is 0. The van der Waals surface area contributed by atoms with Crippen LogP contribution in [-0.2, 0) is 50.7 Å². The predicted octanol–water partition coefficient (Wildman–Crippen LogP) is 16.2. The second-order valence-electron chi connectivity index (χ2n) is 30.2. The molecule has 4 aromatic rings. The Kier molecular flexibility index (Phi) is 25.4. The molecule has 0 amide bonds. The van der Waals surface area contributed by atoms with E-state index in [4.69, 9.17) is 38.0 Å². The van der Waals surface area contributed by atoms with Crippen LogP contribution in [0, 0.1) is 0 Å². The quantitative estimate of drug-likeness (QED) is 0.0900. The van der Waals surface area contributed by atoms with Gasteiger partial charge in [-0.3, -0.25) is 39.6 Å². The highest BCUT2D eigenvalue weighted by Gasteiger charge is 2.55. The monoisotopic (exact) mass is 1270 g/mol. The Bertz CT molecular complexity index is 2760. The van der Waals surface area contributed by atoms with Crippen LogP contribution < -0.4 is 15.2 Å². The molecule has 2 aliphatic heterocycles. The van der Waals surface area contributed by atoms with Crippen molar-refractivity contribution in [3.05, 3.63) is 115 Å². The molecule has 496 valence electrons. The molecule has 0 saturated heterocycles. The average molecular weight is 1280 g/mol. The van der Waals surface area contributed by atoms with Gasteiger partial charge in [0.2, 0.25) is 0 Å².